The van der Waals surface area contributed by atoms with Gasteiger partial charge in [0.15, 0.2) is 0 Å². The maximum Gasteiger partial charge on any atom is 0.127 e. The number of aliphatic hydroxyl groups is 1. The highest BCUT2D eigenvalue weighted by Crippen LogP contribution is 2.36. The molecular weight excluding hydrogens is 368 g/mol. The monoisotopic (exact) mass is 389 g/mol. The lowest BCUT2D eigenvalue weighted by Crippen LogP contribution is -2.08. The summed E-state index contributed by atoms with van der Waals surface area (Å²) in [6.07, 6.45) is 3.84. The second-order valence-corrected chi connectivity index (χ2v) is 7.56. The fourth-order valence-corrected chi connectivity index (χ4v) is 4.04. The summed E-state index contributed by atoms with van der Waals surface area (Å²) in [5.74, 6) is -0.349. The SMILES string of the molecule is CC(C)c1nc(CCO)n(Cc2ccncc2)c1Sc1cc(F)cc(F)c1. The van der Waals surface area contributed by atoms with Crippen LogP contribution in [-0.2, 0) is 13.0 Å². The molecule has 3 rings (SSSR count). The number of aliphatic hydroxyl groups excluding tert-OH is 1. The predicted molar refractivity (Wildman–Crippen MR) is 101 cm³/mol. The van der Waals surface area contributed by atoms with E-state index in [4.69, 9.17) is 4.98 Å². The van der Waals surface area contributed by atoms with Crippen LogP contribution in [0.3, 0.4) is 0 Å². The first-order valence-electron chi connectivity index (χ1n) is 8.71. The second-order valence-electron chi connectivity index (χ2n) is 6.50. The summed E-state index contributed by atoms with van der Waals surface area (Å²) in [5.41, 5.74) is 1.88. The predicted octanol–water partition coefficient (Wildman–Crippen LogP) is 4.41. The van der Waals surface area contributed by atoms with E-state index in [-0.39, 0.29) is 12.5 Å². The molecule has 142 valence electrons. The summed E-state index contributed by atoms with van der Waals surface area (Å²) >= 11 is 1.29. The number of nitrogens with zero attached hydrogens (tertiary/aromatic N) is 3. The van der Waals surface area contributed by atoms with Crippen LogP contribution in [0.2, 0.25) is 0 Å². The third-order valence-electron chi connectivity index (χ3n) is 4.05. The lowest BCUT2D eigenvalue weighted by Gasteiger charge is -2.13. The number of hydrogen-bond acceptors (Lipinski definition) is 4. The van der Waals surface area contributed by atoms with Crippen LogP contribution >= 0.6 is 11.8 Å². The Hall–Kier alpha value is -2.25. The number of hydrogen-bond donors (Lipinski definition) is 1. The highest BCUT2D eigenvalue weighted by molar-refractivity contribution is 7.99. The standard InChI is InChI=1S/C20H21F2N3OS/c1-13(2)19-20(27-17-10-15(21)9-16(22)11-17)25(18(24-19)5-8-26)12-14-3-6-23-7-4-14/h3-4,6-7,9-11,13,26H,5,8,12H2,1-2H3. The summed E-state index contributed by atoms with van der Waals surface area (Å²) in [7, 11) is 0. The molecule has 0 spiro atoms. The van der Waals surface area contributed by atoms with Crippen LogP contribution in [0.1, 0.15) is 36.8 Å². The Kier molecular flexibility index (Phi) is 6.23. The summed E-state index contributed by atoms with van der Waals surface area (Å²) < 4.78 is 29.3. The molecule has 0 fully saturated rings. The van der Waals surface area contributed by atoms with Crippen LogP contribution < -0.4 is 0 Å². The molecule has 4 nitrogen and oxygen atoms in total. The highest BCUT2D eigenvalue weighted by atomic mass is 32.2. The molecule has 0 aliphatic heterocycles. The zero-order valence-electron chi connectivity index (χ0n) is 15.2. The zero-order valence-corrected chi connectivity index (χ0v) is 16.0. The van der Waals surface area contributed by atoms with Crippen molar-refractivity contribution < 1.29 is 13.9 Å². The molecule has 0 bridgehead atoms. The van der Waals surface area contributed by atoms with E-state index in [0.29, 0.717) is 17.9 Å². The molecule has 0 unspecified atom stereocenters. The highest BCUT2D eigenvalue weighted by Gasteiger charge is 2.21. The first kappa shape index (κ1) is 19.5. The van der Waals surface area contributed by atoms with Gasteiger partial charge >= 0.3 is 0 Å². The molecule has 0 aliphatic carbocycles. The summed E-state index contributed by atoms with van der Waals surface area (Å²) in [4.78, 5) is 9.22. The van der Waals surface area contributed by atoms with E-state index in [9.17, 15) is 13.9 Å². The van der Waals surface area contributed by atoms with Gasteiger partial charge in [0.05, 0.1) is 12.3 Å². The topological polar surface area (TPSA) is 50.9 Å². The maximum absolute atomic E-state index is 13.6. The first-order valence-corrected chi connectivity index (χ1v) is 9.52. The van der Waals surface area contributed by atoms with E-state index in [1.807, 2.05) is 30.5 Å². The molecule has 0 aliphatic rings. The van der Waals surface area contributed by atoms with Crippen molar-refractivity contribution in [2.45, 2.75) is 42.7 Å². The van der Waals surface area contributed by atoms with Crippen LogP contribution in [0.4, 0.5) is 8.78 Å². The minimum absolute atomic E-state index is 0.0242. The number of pyridine rings is 1. The van der Waals surface area contributed by atoms with Crippen LogP contribution in [0, 0.1) is 11.6 Å². The van der Waals surface area contributed by atoms with Crippen LogP contribution in [-0.4, -0.2) is 26.2 Å². The number of imidazole rings is 1. The third-order valence-corrected chi connectivity index (χ3v) is 5.14. The Morgan fingerprint density at radius 2 is 1.78 bits per heavy atom. The molecular formula is C20H21F2N3OS. The molecule has 2 heterocycles. The van der Waals surface area contributed by atoms with E-state index < -0.39 is 11.6 Å². The van der Waals surface area contributed by atoms with Crippen LogP contribution in [0.15, 0.2) is 52.6 Å². The van der Waals surface area contributed by atoms with Crippen LogP contribution in [0.5, 0.6) is 0 Å². The van der Waals surface area contributed by atoms with Gasteiger partial charge < -0.3 is 9.67 Å². The molecule has 1 aromatic carbocycles. The van der Waals surface area contributed by atoms with Gasteiger partial charge in [-0.25, -0.2) is 13.8 Å². The van der Waals surface area contributed by atoms with Gasteiger partial charge in [-0.05, 0) is 35.7 Å². The number of halogens is 2. The summed E-state index contributed by atoms with van der Waals surface area (Å²) in [5, 5.41) is 10.3. The number of benzene rings is 1. The Labute approximate surface area is 161 Å². The number of rotatable bonds is 7. The van der Waals surface area contributed by atoms with Crippen molar-refractivity contribution in [3.05, 3.63) is 71.4 Å². The molecule has 0 saturated carbocycles. The molecule has 27 heavy (non-hydrogen) atoms. The summed E-state index contributed by atoms with van der Waals surface area (Å²) in [6.45, 7) is 4.57. The van der Waals surface area contributed by atoms with Crippen LogP contribution in [0.25, 0.3) is 0 Å². The average Bonchev–Trinajstić information content (AvgIpc) is 2.93. The van der Waals surface area contributed by atoms with Gasteiger partial charge in [0.25, 0.3) is 0 Å². The zero-order chi connectivity index (χ0) is 19.4. The molecule has 0 saturated heterocycles. The van der Waals surface area contributed by atoms with Gasteiger partial charge in [0.1, 0.15) is 22.5 Å². The van der Waals surface area contributed by atoms with Crippen molar-refractivity contribution in [2.24, 2.45) is 0 Å². The molecule has 3 aromatic rings. The van der Waals surface area contributed by atoms with E-state index in [0.717, 1.165) is 28.2 Å². The molecule has 0 amide bonds. The average molecular weight is 389 g/mol. The quantitative estimate of drug-likeness (QED) is 0.650. The molecule has 0 atom stereocenters. The molecule has 2 aromatic heterocycles. The lowest BCUT2D eigenvalue weighted by atomic mass is 10.1. The van der Waals surface area contributed by atoms with Crippen molar-refractivity contribution in [3.8, 4) is 0 Å². The van der Waals surface area contributed by atoms with Gasteiger partial charge in [-0.1, -0.05) is 25.6 Å². The van der Waals surface area contributed by atoms with Gasteiger partial charge in [-0.3, -0.25) is 4.98 Å². The van der Waals surface area contributed by atoms with E-state index in [1.165, 1.54) is 23.9 Å². The lowest BCUT2D eigenvalue weighted by molar-refractivity contribution is 0.294. The normalized spacial score (nSPS) is 11.3. The molecule has 0 radical (unpaired) electrons. The Balaban J connectivity index is 2.08. The number of aromatic nitrogens is 3. The van der Waals surface area contributed by atoms with E-state index in [1.54, 1.807) is 12.4 Å². The fourth-order valence-electron chi connectivity index (χ4n) is 2.81. The fraction of sp³-hybridized carbons (Fsp3) is 0.300. The van der Waals surface area contributed by atoms with Gasteiger partial charge in [0, 0.05) is 36.3 Å². The maximum atomic E-state index is 13.6. The Bertz CT molecular complexity index is 893. The Morgan fingerprint density at radius 1 is 1.11 bits per heavy atom. The minimum atomic E-state index is -0.612. The molecule has 1 N–H and O–H groups in total. The summed E-state index contributed by atoms with van der Waals surface area (Å²) in [6, 6.07) is 7.31. The van der Waals surface area contributed by atoms with Crippen molar-refractivity contribution in [3.63, 3.8) is 0 Å². The van der Waals surface area contributed by atoms with E-state index >= 15 is 0 Å². The van der Waals surface area contributed by atoms with Crippen molar-refractivity contribution >= 4 is 11.8 Å². The third kappa shape index (κ3) is 4.73. The molecule has 7 heteroatoms. The first-order chi connectivity index (χ1) is 13.0. The minimum Gasteiger partial charge on any atom is -0.396 e. The van der Waals surface area contributed by atoms with Crippen molar-refractivity contribution in [1.29, 1.82) is 0 Å². The Morgan fingerprint density at radius 3 is 2.37 bits per heavy atom. The van der Waals surface area contributed by atoms with E-state index in [2.05, 4.69) is 4.98 Å². The van der Waals surface area contributed by atoms with Crippen molar-refractivity contribution in [1.82, 2.24) is 14.5 Å². The smallest absolute Gasteiger partial charge is 0.127 e. The van der Waals surface area contributed by atoms with Gasteiger partial charge in [0.2, 0.25) is 0 Å². The van der Waals surface area contributed by atoms with Gasteiger partial charge in [-0.2, -0.15) is 0 Å². The van der Waals surface area contributed by atoms with Gasteiger partial charge in [-0.15, -0.1) is 0 Å². The van der Waals surface area contributed by atoms with Crippen molar-refractivity contribution in [2.75, 3.05) is 6.61 Å². The largest absolute Gasteiger partial charge is 0.396 e. The second kappa shape index (κ2) is 8.63.